The molecule has 2 atom stereocenters. The molecule has 0 aliphatic carbocycles. The zero-order valence-corrected chi connectivity index (χ0v) is 12.9. The van der Waals surface area contributed by atoms with Gasteiger partial charge in [0.1, 0.15) is 6.04 Å². The summed E-state index contributed by atoms with van der Waals surface area (Å²) < 4.78 is 0. The summed E-state index contributed by atoms with van der Waals surface area (Å²) in [5, 5.41) is 10.6. The number of para-hydroxylation sites is 1. The van der Waals surface area contributed by atoms with Crippen molar-refractivity contribution in [1.82, 2.24) is 9.88 Å². The number of hydrogen-bond acceptors (Lipinski definition) is 3. The average molecular weight is 298 g/mol. The molecular formula is C18H22N2O2. The van der Waals surface area contributed by atoms with Crippen LogP contribution in [0, 0.1) is 0 Å². The van der Waals surface area contributed by atoms with Crippen LogP contribution in [0.15, 0.2) is 36.4 Å². The number of pyridine rings is 1. The first-order valence-corrected chi connectivity index (χ1v) is 8.05. The van der Waals surface area contributed by atoms with E-state index in [1.54, 1.807) is 0 Å². The summed E-state index contributed by atoms with van der Waals surface area (Å²) in [6.45, 7) is 2.94. The predicted octanol–water partition coefficient (Wildman–Crippen LogP) is 3.63. The highest BCUT2D eigenvalue weighted by atomic mass is 16.4. The van der Waals surface area contributed by atoms with Gasteiger partial charge in [0.25, 0.3) is 0 Å². The van der Waals surface area contributed by atoms with Crippen molar-refractivity contribution in [3.63, 3.8) is 0 Å². The first-order chi connectivity index (χ1) is 10.7. The summed E-state index contributed by atoms with van der Waals surface area (Å²) in [6.07, 6.45) is 3.66. The van der Waals surface area contributed by atoms with Crippen molar-refractivity contribution < 1.29 is 9.90 Å². The van der Waals surface area contributed by atoms with Gasteiger partial charge < -0.3 is 5.11 Å². The van der Waals surface area contributed by atoms with E-state index >= 15 is 0 Å². The highest BCUT2D eigenvalue weighted by Crippen LogP contribution is 2.31. The van der Waals surface area contributed by atoms with Crippen molar-refractivity contribution in [2.75, 3.05) is 6.54 Å². The van der Waals surface area contributed by atoms with Gasteiger partial charge in [-0.05, 0) is 37.9 Å². The van der Waals surface area contributed by atoms with E-state index in [1.165, 1.54) is 0 Å². The Bertz CT molecular complexity index is 671. The molecule has 4 heteroatoms. The van der Waals surface area contributed by atoms with Crippen LogP contribution in [-0.4, -0.2) is 33.5 Å². The molecule has 0 saturated carbocycles. The molecule has 4 nitrogen and oxygen atoms in total. The smallest absolute Gasteiger partial charge is 0.320 e. The number of carboxylic acid groups (broad SMARTS) is 1. The normalized spacial score (nSPS) is 20.9. The van der Waals surface area contributed by atoms with E-state index in [0.29, 0.717) is 0 Å². The van der Waals surface area contributed by atoms with Crippen LogP contribution in [-0.2, 0) is 4.79 Å². The fourth-order valence-corrected chi connectivity index (χ4v) is 3.47. The summed E-state index contributed by atoms with van der Waals surface area (Å²) in [6, 6.07) is 11.9. The third-order valence-corrected chi connectivity index (χ3v) is 4.58. The number of piperidine rings is 1. The van der Waals surface area contributed by atoms with Gasteiger partial charge in [-0.15, -0.1) is 0 Å². The molecule has 2 heterocycles. The molecule has 2 unspecified atom stereocenters. The molecule has 22 heavy (non-hydrogen) atoms. The van der Waals surface area contributed by atoms with Crippen LogP contribution in [0.25, 0.3) is 10.9 Å². The maximum atomic E-state index is 11.6. The monoisotopic (exact) mass is 298 g/mol. The lowest BCUT2D eigenvalue weighted by Crippen LogP contribution is -2.46. The van der Waals surface area contributed by atoms with Crippen LogP contribution in [0.2, 0.25) is 0 Å². The van der Waals surface area contributed by atoms with Crippen molar-refractivity contribution in [2.24, 2.45) is 0 Å². The quantitative estimate of drug-likeness (QED) is 0.936. The van der Waals surface area contributed by atoms with E-state index in [9.17, 15) is 9.90 Å². The highest BCUT2D eigenvalue weighted by molar-refractivity contribution is 5.78. The Morgan fingerprint density at radius 2 is 2.14 bits per heavy atom. The molecule has 1 aromatic carbocycles. The number of rotatable bonds is 4. The summed E-state index contributed by atoms with van der Waals surface area (Å²) in [5.74, 6) is -0.709. The Balaban J connectivity index is 1.95. The van der Waals surface area contributed by atoms with Gasteiger partial charge in [0, 0.05) is 5.39 Å². The molecule has 0 bridgehead atoms. The van der Waals surface area contributed by atoms with Crippen molar-refractivity contribution in [3.8, 4) is 0 Å². The molecule has 1 aliphatic heterocycles. The van der Waals surface area contributed by atoms with Crippen molar-refractivity contribution in [2.45, 2.75) is 44.7 Å². The fraction of sp³-hybridized carbons (Fsp3) is 0.444. The van der Waals surface area contributed by atoms with Gasteiger partial charge in [-0.25, -0.2) is 0 Å². The number of aromatic nitrogens is 1. The lowest BCUT2D eigenvalue weighted by molar-refractivity contribution is -0.146. The van der Waals surface area contributed by atoms with Crippen LogP contribution in [0.4, 0.5) is 0 Å². The molecule has 3 rings (SSSR count). The number of carboxylic acids is 1. The predicted molar refractivity (Wildman–Crippen MR) is 86.8 cm³/mol. The minimum Gasteiger partial charge on any atom is -0.480 e. The first-order valence-electron chi connectivity index (χ1n) is 8.05. The third-order valence-electron chi connectivity index (χ3n) is 4.58. The molecule has 0 spiro atoms. The second kappa shape index (κ2) is 6.44. The molecule has 0 radical (unpaired) electrons. The van der Waals surface area contributed by atoms with E-state index in [1.807, 2.05) is 30.3 Å². The minimum atomic E-state index is -0.709. The largest absolute Gasteiger partial charge is 0.480 e. The van der Waals surface area contributed by atoms with Crippen LogP contribution < -0.4 is 0 Å². The molecule has 1 saturated heterocycles. The van der Waals surface area contributed by atoms with E-state index in [0.717, 1.165) is 48.8 Å². The minimum absolute atomic E-state index is 0.0750. The molecule has 0 amide bonds. The molecular weight excluding hydrogens is 276 g/mol. The molecule has 1 aliphatic rings. The van der Waals surface area contributed by atoms with Crippen molar-refractivity contribution in [1.29, 1.82) is 0 Å². The average Bonchev–Trinajstić information content (AvgIpc) is 2.56. The van der Waals surface area contributed by atoms with E-state index in [-0.39, 0.29) is 12.1 Å². The number of aliphatic carboxylic acids is 1. The Kier molecular flexibility index (Phi) is 4.39. The van der Waals surface area contributed by atoms with E-state index < -0.39 is 5.97 Å². The maximum absolute atomic E-state index is 11.6. The van der Waals surface area contributed by atoms with Gasteiger partial charge in [0.05, 0.1) is 17.3 Å². The number of carbonyl (C=O) groups is 1. The maximum Gasteiger partial charge on any atom is 0.320 e. The number of benzene rings is 1. The zero-order valence-electron chi connectivity index (χ0n) is 12.9. The van der Waals surface area contributed by atoms with Gasteiger partial charge in [-0.1, -0.05) is 37.6 Å². The Labute approximate surface area is 130 Å². The number of nitrogens with zero attached hydrogens (tertiary/aromatic N) is 2. The number of fused-ring (bicyclic) bond motifs is 1. The summed E-state index contributed by atoms with van der Waals surface area (Å²) in [7, 11) is 0. The van der Waals surface area contributed by atoms with Gasteiger partial charge in [-0.3, -0.25) is 14.7 Å². The van der Waals surface area contributed by atoms with Crippen LogP contribution in [0.1, 0.15) is 44.3 Å². The van der Waals surface area contributed by atoms with Gasteiger partial charge in [-0.2, -0.15) is 0 Å². The van der Waals surface area contributed by atoms with E-state index in [4.69, 9.17) is 4.98 Å². The SMILES string of the molecule is CCC(c1ccc2ccccc2n1)N1CCCCC1C(=O)O. The van der Waals surface area contributed by atoms with Crippen molar-refractivity contribution in [3.05, 3.63) is 42.1 Å². The molecule has 1 aromatic heterocycles. The first kappa shape index (κ1) is 15.0. The van der Waals surface area contributed by atoms with Crippen LogP contribution in [0.5, 0.6) is 0 Å². The lowest BCUT2D eigenvalue weighted by Gasteiger charge is -2.38. The molecule has 116 valence electrons. The Hall–Kier alpha value is -1.94. The van der Waals surface area contributed by atoms with Crippen molar-refractivity contribution >= 4 is 16.9 Å². The fourth-order valence-electron chi connectivity index (χ4n) is 3.47. The topological polar surface area (TPSA) is 53.4 Å². The van der Waals surface area contributed by atoms with Gasteiger partial charge >= 0.3 is 5.97 Å². The Morgan fingerprint density at radius 1 is 1.32 bits per heavy atom. The van der Waals surface area contributed by atoms with Gasteiger partial charge in [0.15, 0.2) is 0 Å². The number of likely N-dealkylation sites (tertiary alicyclic amines) is 1. The highest BCUT2D eigenvalue weighted by Gasteiger charge is 2.33. The number of hydrogen-bond donors (Lipinski definition) is 1. The summed E-state index contributed by atoms with van der Waals surface area (Å²) in [5.41, 5.74) is 1.96. The van der Waals surface area contributed by atoms with Crippen LogP contribution >= 0.6 is 0 Å². The molecule has 1 fully saturated rings. The van der Waals surface area contributed by atoms with Crippen LogP contribution in [0.3, 0.4) is 0 Å². The summed E-state index contributed by atoms with van der Waals surface area (Å²) >= 11 is 0. The molecule has 2 aromatic rings. The zero-order chi connectivity index (χ0) is 15.5. The second-order valence-electron chi connectivity index (χ2n) is 5.94. The Morgan fingerprint density at radius 3 is 2.91 bits per heavy atom. The second-order valence-corrected chi connectivity index (χ2v) is 5.94. The third kappa shape index (κ3) is 2.83. The summed E-state index contributed by atoms with van der Waals surface area (Å²) in [4.78, 5) is 18.5. The van der Waals surface area contributed by atoms with Gasteiger partial charge in [0.2, 0.25) is 0 Å². The molecule has 1 N–H and O–H groups in total. The standard InChI is InChI=1S/C18H22N2O2/c1-2-16(20-12-6-5-9-17(20)18(21)22)15-11-10-13-7-3-4-8-14(13)19-15/h3-4,7-8,10-11,16-17H,2,5-6,9,12H2,1H3,(H,21,22). The lowest BCUT2D eigenvalue weighted by atomic mass is 9.97. The van der Waals surface area contributed by atoms with E-state index in [2.05, 4.69) is 17.9 Å².